The molecule has 1 aromatic rings. The largest absolute Gasteiger partial charge is 0.491 e. The Hall–Kier alpha value is -1.68. The molecule has 0 unspecified atom stereocenters. The average molecular weight is 285 g/mol. The Balaban J connectivity index is 2.34. The Labute approximate surface area is 125 Å². The van der Waals surface area contributed by atoms with E-state index in [9.17, 15) is 0 Å². The number of nitriles is 1. The van der Waals surface area contributed by atoms with Gasteiger partial charge in [-0.05, 0) is 39.2 Å². The molecule has 0 radical (unpaired) electrons. The van der Waals surface area contributed by atoms with Gasteiger partial charge in [-0.25, -0.2) is 4.98 Å². The van der Waals surface area contributed by atoms with E-state index in [1.54, 1.807) is 12.3 Å². The minimum absolute atomic E-state index is 0.288. The fourth-order valence-electron chi connectivity index (χ4n) is 2.04. The maximum absolute atomic E-state index is 9.10. The highest BCUT2D eigenvalue weighted by Gasteiger charge is 2.52. The maximum atomic E-state index is 9.10. The minimum Gasteiger partial charge on any atom is -0.400 e. The molecular weight excluding hydrogens is 265 g/mol. The summed E-state index contributed by atoms with van der Waals surface area (Å²) >= 11 is 0. The third-order valence-electron chi connectivity index (χ3n) is 4.08. The predicted molar refractivity (Wildman–Crippen MR) is 82.1 cm³/mol. The molecule has 0 aromatic carbocycles. The Bertz CT molecular complexity index is 589. The van der Waals surface area contributed by atoms with Crippen LogP contribution in [0.2, 0.25) is 0 Å². The molecule has 0 aliphatic carbocycles. The van der Waals surface area contributed by atoms with E-state index in [2.05, 4.69) is 11.1 Å². The van der Waals surface area contributed by atoms with E-state index in [4.69, 9.17) is 20.3 Å². The lowest BCUT2D eigenvalue weighted by Gasteiger charge is -2.32. The Morgan fingerprint density at radius 2 is 2.00 bits per heavy atom. The molecule has 2 rings (SSSR count). The van der Waals surface area contributed by atoms with Crippen molar-refractivity contribution in [2.24, 2.45) is 5.73 Å². The summed E-state index contributed by atoms with van der Waals surface area (Å²) in [6.45, 7) is 8.26. The maximum Gasteiger partial charge on any atom is 0.491 e. The van der Waals surface area contributed by atoms with Gasteiger partial charge >= 0.3 is 7.12 Å². The number of rotatable bonds is 3. The molecule has 6 heteroatoms. The van der Waals surface area contributed by atoms with Crippen molar-refractivity contribution in [2.45, 2.75) is 38.9 Å². The number of aromatic nitrogens is 1. The molecule has 5 nitrogen and oxygen atoms in total. The second-order valence-electron chi connectivity index (χ2n) is 6.06. The van der Waals surface area contributed by atoms with E-state index < -0.39 is 18.3 Å². The second kappa shape index (κ2) is 5.61. The van der Waals surface area contributed by atoms with Gasteiger partial charge in [0.1, 0.15) is 11.8 Å². The van der Waals surface area contributed by atoms with Crippen molar-refractivity contribution in [3.05, 3.63) is 35.1 Å². The Morgan fingerprint density at radius 3 is 2.52 bits per heavy atom. The van der Waals surface area contributed by atoms with E-state index >= 15 is 0 Å². The molecule has 1 saturated heterocycles. The van der Waals surface area contributed by atoms with Crippen molar-refractivity contribution in [3.63, 3.8) is 0 Å². The van der Waals surface area contributed by atoms with E-state index in [-0.39, 0.29) is 6.54 Å². The van der Waals surface area contributed by atoms with Crippen molar-refractivity contribution < 1.29 is 9.31 Å². The summed E-state index contributed by atoms with van der Waals surface area (Å²) < 4.78 is 12.0. The number of hydrogen-bond donors (Lipinski definition) is 1. The molecule has 2 N–H and O–H groups in total. The van der Waals surface area contributed by atoms with Gasteiger partial charge in [-0.3, -0.25) is 0 Å². The smallest absolute Gasteiger partial charge is 0.400 e. The van der Waals surface area contributed by atoms with Crippen molar-refractivity contribution >= 4 is 13.2 Å². The quantitative estimate of drug-likeness (QED) is 0.858. The first-order valence-corrected chi connectivity index (χ1v) is 6.92. The van der Waals surface area contributed by atoms with Crippen LogP contribution in [0.15, 0.2) is 23.8 Å². The molecule has 1 aromatic heterocycles. The predicted octanol–water partition coefficient (Wildman–Crippen LogP) is 1.93. The van der Waals surface area contributed by atoms with Gasteiger partial charge in [-0.1, -0.05) is 12.1 Å². The first-order chi connectivity index (χ1) is 9.80. The molecule has 1 fully saturated rings. The van der Waals surface area contributed by atoms with Crippen LogP contribution in [-0.2, 0) is 9.31 Å². The second-order valence-corrected chi connectivity index (χ2v) is 6.06. The highest BCUT2D eigenvalue weighted by Crippen LogP contribution is 2.38. The lowest BCUT2D eigenvalue weighted by atomic mass is 9.77. The summed E-state index contributed by atoms with van der Waals surface area (Å²) in [6, 6.07) is 5.68. The zero-order valence-electron chi connectivity index (χ0n) is 12.9. The highest BCUT2D eigenvalue weighted by molar-refractivity contribution is 6.55. The van der Waals surface area contributed by atoms with Crippen LogP contribution in [0.1, 0.15) is 39.0 Å². The van der Waals surface area contributed by atoms with Crippen LogP contribution in [0, 0.1) is 11.3 Å². The van der Waals surface area contributed by atoms with Gasteiger partial charge in [0.15, 0.2) is 0 Å². The SMILES string of the molecule is CC1(C)OB(C(=Cc2cccnc2C#N)CN)OC1(C)C. The zero-order chi connectivity index (χ0) is 15.7. The first kappa shape index (κ1) is 15.7. The molecular formula is C15H20BN3O2. The van der Waals surface area contributed by atoms with E-state index in [1.165, 1.54) is 0 Å². The molecule has 1 aliphatic heterocycles. The lowest BCUT2D eigenvalue weighted by Crippen LogP contribution is -2.41. The summed E-state index contributed by atoms with van der Waals surface area (Å²) in [7, 11) is -0.508. The fraction of sp³-hybridized carbons (Fsp3) is 0.467. The van der Waals surface area contributed by atoms with Crippen LogP contribution in [-0.4, -0.2) is 29.8 Å². The molecule has 21 heavy (non-hydrogen) atoms. The third-order valence-corrected chi connectivity index (χ3v) is 4.08. The number of nitrogens with two attached hydrogens (primary N) is 1. The molecule has 2 heterocycles. The molecule has 0 spiro atoms. The molecule has 0 atom stereocenters. The van der Waals surface area contributed by atoms with Gasteiger partial charge in [0.05, 0.1) is 11.2 Å². The number of nitrogens with zero attached hydrogens (tertiary/aromatic N) is 2. The van der Waals surface area contributed by atoms with Crippen LogP contribution < -0.4 is 5.73 Å². The topological polar surface area (TPSA) is 81.2 Å². The van der Waals surface area contributed by atoms with Crippen molar-refractivity contribution in [1.29, 1.82) is 5.26 Å². The molecule has 0 bridgehead atoms. The van der Waals surface area contributed by atoms with Crippen LogP contribution in [0.4, 0.5) is 0 Å². The number of hydrogen-bond acceptors (Lipinski definition) is 5. The standard InChI is InChI=1S/C15H20BN3O2/c1-14(2)15(3,4)21-16(20-14)12(9-17)8-11-6-5-7-19-13(11)10-18/h5-8H,9,17H2,1-4H3. The summed E-state index contributed by atoms with van der Waals surface area (Å²) in [5, 5.41) is 9.10. The van der Waals surface area contributed by atoms with Crippen molar-refractivity contribution in [3.8, 4) is 6.07 Å². The minimum atomic E-state index is -0.508. The van der Waals surface area contributed by atoms with Crippen LogP contribution in [0.5, 0.6) is 0 Å². The van der Waals surface area contributed by atoms with Gasteiger partial charge in [0.2, 0.25) is 0 Å². The van der Waals surface area contributed by atoms with Gasteiger partial charge in [-0.15, -0.1) is 0 Å². The molecule has 110 valence electrons. The van der Waals surface area contributed by atoms with E-state index in [0.717, 1.165) is 11.0 Å². The Kier molecular flexibility index (Phi) is 4.19. The molecule has 0 saturated carbocycles. The van der Waals surface area contributed by atoms with E-state index in [1.807, 2.05) is 39.8 Å². The third kappa shape index (κ3) is 3.00. The number of pyridine rings is 1. The zero-order valence-corrected chi connectivity index (χ0v) is 12.9. The van der Waals surface area contributed by atoms with E-state index in [0.29, 0.717) is 5.69 Å². The fourth-order valence-corrected chi connectivity index (χ4v) is 2.04. The molecule has 0 amide bonds. The molecule has 1 aliphatic rings. The van der Waals surface area contributed by atoms with Gasteiger partial charge < -0.3 is 15.0 Å². The summed E-state index contributed by atoms with van der Waals surface area (Å²) in [5.41, 5.74) is 6.87. The van der Waals surface area contributed by atoms with Gasteiger partial charge in [-0.2, -0.15) is 5.26 Å². The van der Waals surface area contributed by atoms with Crippen LogP contribution in [0.3, 0.4) is 0 Å². The van der Waals surface area contributed by atoms with Gasteiger partial charge in [0.25, 0.3) is 0 Å². The van der Waals surface area contributed by atoms with Crippen molar-refractivity contribution in [2.75, 3.05) is 6.54 Å². The summed E-state index contributed by atoms with van der Waals surface area (Å²) in [5.74, 6) is 0. The Morgan fingerprint density at radius 1 is 1.38 bits per heavy atom. The summed E-state index contributed by atoms with van der Waals surface area (Å²) in [6.07, 6.45) is 3.42. The lowest BCUT2D eigenvalue weighted by molar-refractivity contribution is 0.00578. The van der Waals surface area contributed by atoms with Gasteiger partial charge in [0, 0.05) is 18.3 Å². The summed E-state index contributed by atoms with van der Waals surface area (Å²) in [4.78, 5) is 4.04. The van der Waals surface area contributed by atoms with Crippen LogP contribution >= 0.6 is 0 Å². The highest BCUT2D eigenvalue weighted by atomic mass is 16.7. The average Bonchev–Trinajstić information content (AvgIpc) is 2.65. The van der Waals surface area contributed by atoms with Crippen molar-refractivity contribution in [1.82, 2.24) is 4.98 Å². The monoisotopic (exact) mass is 285 g/mol. The first-order valence-electron chi connectivity index (χ1n) is 6.92. The normalized spacial score (nSPS) is 20.4. The van der Waals surface area contributed by atoms with Crippen LogP contribution in [0.25, 0.3) is 6.08 Å².